The molecule has 0 amide bonds. The molecule has 1 heterocycles. The van der Waals surface area contributed by atoms with Gasteiger partial charge in [0.1, 0.15) is 5.75 Å². The monoisotopic (exact) mass is 298 g/mol. The second-order valence-corrected chi connectivity index (χ2v) is 4.69. The van der Waals surface area contributed by atoms with E-state index in [-0.39, 0.29) is 11.3 Å². The molecule has 0 unspecified atom stereocenters. The molecule has 4 nitrogen and oxygen atoms in total. The van der Waals surface area contributed by atoms with Crippen LogP contribution in [-0.4, -0.2) is 24.0 Å². The van der Waals surface area contributed by atoms with Crippen molar-refractivity contribution < 1.29 is 28.2 Å². The summed E-state index contributed by atoms with van der Waals surface area (Å²) in [5.41, 5.74) is 0.666. The number of carboxylic acid groups (broad SMARTS) is 1. The van der Waals surface area contributed by atoms with E-state index in [1.54, 1.807) is 5.38 Å². The molecule has 1 N–H and O–H groups in total. The van der Waals surface area contributed by atoms with Crippen molar-refractivity contribution in [2.24, 2.45) is 0 Å². The Morgan fingerprint density at radius 2 is 2.10 bits per heavy atom. The standard InChI is InChI=1S/C13H8F2O4S/c14-13(15)19-11-4-7(12(17)18)1-2-10(11)8-3-9(5-16)20-6-8/h1-6,13H,(H,17,18). The molecule has 1 aromatic heterocycles. The Morgan fingerprint density at radius 3 is 2.65 bits per heavy atom. The number of carboxylic acids is 1. The second-order valence-electron chi connectivity index (χ2n) is 3.75. The minimum Gasteiger partial charge on any atom is -0.478 e. The maximum atomic E-state index is 12.4. The highest BCUT2D eigenvalue weighted by molar-refractivity contribution is 7.12. The van der Waals surface area contributed by atoms with E-state index in [9.17, 15) is 18.4 Å². The minimum atomic E-state index is -3.07. The molecule has 0 aliphatic carbocycles. The lowest BCUT2D eigenvalue weighted by Gasteiger charge is -2.10. The van der Waals surface area contributed by atoms with Gasteiger partial charge in [-0.05, 0) is 35.2 Å². The predicted octanol–water partition coefficient (Wildman–Crippen LogP) is 3.53. The van der Waals surface area contributed by atoms with Crippen LogP contribution in [0.3, 0.4) is 0 Å². The fourth-order valence-corrected chi connectivity index (χ4v) is 2.35. The zero-order valence-electron chi connectivity index (χ0n) is 9.88. The SMILES string of the molecule is O=Cc1cc(-c2ccc(C(=O)O)cc2OC(F)F)cs1. The summed E-state index contributed by atoms with van der Waals surface area (Å²) in [5, 5.41) is 10.5. The van der Waals surface area contributed by atoms with Gasteiger partial charge in [-0.2, -0.15) is 8.78 Å². The average Bonchev–Trinajstić information content (AvgIpc) is 2.86. The maximum absolute atomic E-state index is 12.4. The van der Waals surface area contributed by atoms with E-state index in [0.717, 1.165) is 17.4 Å². The number of ether oxygens (including phenoxy) is 1. The Balaban J connectivity index is 2.50. The first-order chi connectivity index (χ1) is 9.51. The molecule has 7 heteroatoms. The predicted molar refractivity (Wildman–Crippen MR) is 68.7 cm³/mol. The van der Waals surface area contributed by atoms with Gasteiger partial charge in [0.15, 0.2) is 6.29 Å². The van der Waals surface area contributed by atoms with Crippen LogP contribution in [0.5, 0.6) is 5.75 Å². The van der Waals surface area contributed by atoms with Crippen molar-refractivity contribution in [3.8, 4) is 16.9 Å². The highest BCUT2D eigenvalue weighted by Gasteiger charge is 2.15. The molecule has 0 radical (unpaired) electrons. The highest BCUT2D eigenvalue weighted by Crippen LogP contribution is 2.34. The maximum Gasteiger partial charge on any atom is 0.387 e. The molecule has 0 aliphatic heterocycles. The number of aldehydes is 1. The third-order valence-corrected chi connectivity index (χ3v) is 3.35. The van der Waals surface area contributed by atoms with Gasteiger partial charge >= 0.3 is 12.6 Å². The molecule has 104 valence electrons. The Bertz CT molecular complexity index is 652. The summed E-state index contributed by atoms with van der Waals surface area (Å²) in [6.45, 7) is -3.07. The number of aromatic carboxylic acids is 1. The van der Waals surface area contributed by atoms with Gasteiger partial charge in [-0.3, -0.25) is 4.79 Å². The summed E-state index contributed by atoms with van der Waals surface area (Å²) >= 11 is 1.16. The van der Waals surface area contributed by atoms with Crippen molar-refractivity contribution in [2.45, 2.75) is 6.61 Å². The lowest BCUT2D eigenvalue weighted by atomic mass is 10.0. The fourth-order valence-electron chi connectivity index (χ4n) is 1.64. The summed E-state index contributed by atoms with van der Waals surface area (Å²) in [6, 6.07) is 5.21. The third kappa shape index (κ3) is 3.00. The Hall–Kier alpha value is -2.28. The normalized spacial score (nSPS) is 10.6. The molecule has 0 bridgehead atoms. The van der Waals surface area contributed by atoms with E-state index in [1.807, 2.05) is 0 Å². The molecule has 20 heavy (non-hydrogen) atoms. The van der Waals surface area contributed by atoms with E-state index in [1.165, 1.54) is 18.2 Å². The van der Waals surface area contributed by atoms with Crippen LogP contribution >= 0.6 is 11.3 Å². The van der Waals surface area contributed by atoms with Crippen LogP contribution in [0.15, 0.2) is 29.6 Å². The minimum absolute atomic E-state index is 0.157. The highest BCUT2D eigenvalue weighted by atomic mass is 32.1. The van der Waals surface area contributed by atoms with Crippen LogP contribution in [0.4, 0.5) is 8.78 Å². The van der Waals surface area contributed by atoms with Gasteiger partial charge in [-0.1, -0.05) is 0 Å². The van der Waals surface area contributed by atoms with Gasteiger partial charge in [-0.15, -0.1) is 11.3 Å². The summed E-state index contributed by atoms with van der Waals surface area (Å²) in [6.07, 6.45) is 0.646. The van der Waals surface area contributed by atoms with Crippen molar-refractivity contribution >= 4 is 23.6 Å². The van der Waals surface area contributed by atoms with Crippen LogP contribution in [0.25, 0.3) is 11.1 Å². The zero-order valence-corrected chi connectivity index (χ0v) is 10.7. The van der Waals surface area contributed by atoms with Crippen LogP contribution in [0.1, 0.15) is 20.0 Å². The van der Waals surface area contributed by atoms with Gasteiger partial charge in [0, 0.05) is 5.56 Å². The van der Waals surface area contributed by atoms with Gasteiger partial charge in [-0.25, -0.2) is 4.79 Å². The summed E-state index contributed by atoms with van der Waals surface area (Å²) in [5.74, 6) is -1.48. The number of carbonyl (C=O) groups is 2. The fraction of sp³-hybridized carbons (Fsp3) is 0.0769. The smallest absolute Gasteiger partial charge is 0.387 e. The Labute approximate surface area is 116 Å². The molecule has 1 aromatic carbocycles. The number of rotatable bonds is 5. The molecular weight excluding hydrogens is 290 g/mol. The van der Waals surface area contributed by atoms with Crippen molar-refractivity contribution in [2.75, 3.05) is 0 Å². The van der Waals surface area contributed by atoms with E-state index in [4.69, 9.17) is 5.11 Å². The van der Waals surface area contributed by atoms with E-state index in [0.29, 0.717) is 22.3 Å². The number of thiophene rings is 1. The van der Waals surface area contributed by atoms with Crippen LogP contribution < -0.4 is 4.74 Å². The lowest BCUT2D eigenvalue weighted by Crippen LogP contribution is -2.05. The molecule has 0 spiro atoms. The molecule has 0 atom stereocenters. The molecular formula is C13H8F2O4S. The summed E-state index contributed by atoms with van der Waals surface area (Å²) < 4.78 is 29.1. The molecule has 2 aromatic rings. The zero-order chi connectivity index (χ0) is 14.7. The number of halogens is 2. The van der Waals surface area contributed by atoms with Gasteiger partial charge in [0.25, 0.3) is 0 Å². The van der Waals surface area contributed by atoms with Gasteiger partial charge < -0.3 is 9.84 Å². The lowest BCUT2D eigenvalue weighted by molar-refractivity contribution is -0.0495. The summed E-state index contributed by atoms with van der Waals surface area (Å²) in [7, 11) is 0. The first kappa shape index (κ1) is 14.1. The van der Waals surface area contributed by atoms with Crippen molar-refractivity contribution in [1.29, 1.82) is 0 Å². The molecule has 0 saturated carbocycles. The number of carbonyl (C=O) groups excluding carboxylic acids is 1. The van der Waals surface area contributed by atoms with Gasteiger partial charge in [0.2, 0.25) is 0 Å². The average molecular weight is 298 g/mol. The number of hydrogen-bond donors (Lipinski definition) is 1. The number of alkyl halides is 2. The van der Waals surface area contributed by atoms with Crippen molar-refractivity contribution in [1.82, 2.24) is 0 Å². The first-order valence-corrected chi connectivity index (χ1v) is 6.25. The molecule has 0 aliphatic rings. The summed E-state index contributed by atoms with van der Waals surface area (Å²) in [4.78, 5) is 21.9. The number of hydrogen-bond acceptors (Lipinski definition) is 4. The Morgan fingerprint density at radius 1 is 1.35 bits per heavy atom. The second kappa shape index (κ2) is 5.79. The molecule has 2 rings (SSSR count). The first-order valence-electron chi connectivity index (χ1n) is 5.37. The molecule has 0 fully saturated rings. The van der Waals surface area contributed by atoms with Crippen molar-refractivity contribution in [3.05, 3.63) is 40.1 Å². The quantitative estimate of drug-likeness (QED) is 0.858. The van der Waals surface area contributed by atoms with E-state index >= 15 is 0 Å². The van der Waals surface area contributed by atoms with Crippen LogP contribution in [0.2, 0.25) is 0 Å². The Kier molecular flexibility index (Phi) is 4.09. The third-order valence-electron chi connectivity index (χ3n) is 2.49. The largest absolute Gasteiger partial charge is 0.478 e. The van der Waals surface area contributed by atoms with E-state index < -0.39 is 12.6 Å². The van der Waals surface area contributed by atoms with Crippen LogP contribution in [-0.2, 0) is 0 Å². The van der Waals surface area contributed by atoms with Crippen LogP contribution in [0, 0.1) is 0 Å². The van der Waals surface area contributed by atoms with E-state index in [2.05, 4.69) is 4.74 Å². The molecule has 0 saturated heterocycles. The topological polar surface area (TPSA) is 63.6 Å². The number of benzene rings is 1. The van der Waals surface area contributed by atoms with Crippen molar-refractivity contribution in [3.63, 3.8) is 0 Å². The van der Waals surface area contributed by atoms with Gasteiger partial charge in [0.05, 0.1) is 10.4 Å².